The molecular weight excluding hydrogens is 382 g/mol. The number of ether oxygens (including phenoxy) is 1. The summed E-state index contributed by atoms with van der Waals surface area (Å²) >= 11 is 1.74. The molecule has 29 heavy (non-hydrogen) atoms. The fourth-order valence-electron chi connectivity index (χ4n) is 3.81. The summed E-state index contributed by atoms with van der Waals surface area (Å²) in [6.07, 6.45) is 4.56. The van der Waals surface area contributed by atoms with Crippen molar-refractivity contribution in [2.75, 3.05) is 40.3 Å². The van der Waals surface area contributed by atoms with Gasteiger partial charge in [-0.25, -0.2) is 4.98 Å². The second-order valence-electron chi connectivity index (χ2n) is 7.37. The SMILES string of the molecule is CN=C(NCCCc1nc(C)cs1)NCC(c1ccccc1OC)N1CCCC1. The minimum Gasteiger partial charge on any atom is -0.496 e. The average molecular weight is 416 g/mol. The van der Waals surface area contributed by atoms with Crippen molar-refractivity contribution in [1.29, 1.82) is 0 Å². The molecule has 3 rings (SSSR count). The van der Waals surface area contributed by atoms with Crippen molar-refractivity contribution in [2.24, 2.45) is 4.99 Å². The Morgan fingerprint density at radius 3 is 2.76 bits per heavy atom. The molecule has 1 aliphatic rings. The lowest BCUT2D eigenvalue weighted by atomic mass is 10.0. The fourth-order valence-corrected chi connectivity index (χ4v) is 4.63. The monoisotopic (exact) mass is 415 g/mol. The third-order valence-corrected chi connectivity index (χ3v) is 6.32. The fraction of sp³-hybridized carbons (Fsp3) is 0.545. The van der Waals surface area contributed by atoms with E-state index in [0.29, 0.717) is 0 Å². The van der Waals surface area contributed by atoms with Crippen LogP contribution in [0.1, 0.15) is 41.6 Å². The predicted octanol–water partition coefficient (Wildman–Crippen LogP) is 3.39. The first-order chi connectivity index (χ1) is 14.2. The molecule has 2 aromatic rings. The zero-order valence-corrected chi connectivity index (χ0v) is 18.6. The van der Waals surface area contributed by atoms with Gasteiger partial charge in [0.2, 0.25) is 0 Å². The molecule has 7 heteroatoms. The Morgan fingerprint density at radius 1 is 1.28 bits per heavy atom. The first-order valence-electron chi connectivity index (χ1n) is 10.4. The second kappa shape index (κ2) is 11.2. The van der Waals surface area contributed by atoms with Gasteiger partial charge in [-0.15, -0.1) is 11.3 Å². The van der Waals surface area contributed by atoms with Crippen LogP contribution in [0.4, 0.5) is 0 Å². The molecule has 1 atom stereocenters. The van der Waals surface area contributed by atoms with Gasteiger partial charge in [0.25, 0.3) is 0 Å². The van der Waals surface area contributed by atoms with Crippen LogP contribution in [0.5, 0.6) is 5.75 Å². The van der Waals surface area contributed by atoms with Crippen molar-refractivity contribution in [3.8, 4) is 5.75 Å². The van der Waals surface area contributed by atoms with Crippen molar-refractivity contribution in [2.45, 2.75) is 38.6 Å². The van der Waals surface area contributed by atoms with Crippen molar-refractivity contribution in [3.63, 3.8) is 0 Å². The Bertz CT molecular complexity index is 785. The van der Waals surface area contributed by atoms with E-state index in [1.54, 1.807) is 18.4 Å². The summed E-state index contributed by atoms with van der Waals surface area (Å²) in [6.45, 7) is 5.98. The number of aromatic nitrogens is 1. The zero-order chi connectivity index (χ0) is 20.5. The van der Waals surface area contributed by atoms with E-state index in [-0.39, 0.29) is 6.04 Å². The highest BCUT2D eigenvalue weighted by Gasteiger charge is 2.25. The molecule has 2 N–H and O–H groups in total. The number of likely N-dealkylation sites (tertiary alicyclic amines) is 1. The molecule has 0 radical (unpaired) electrons. The van der Waals surface area contributed by atoms with Crippen LogP contribution in [0.15, 0.2) is 34.6 Å². The molecule has 0 saturated carbocycles. The van der Waals surface area contributed by atoms with E-state index in [1.165, 1.54) is 23.4 Å². The summed E-state index contributed by atoms with van der Waals surface area (Å²) in [4.78, 5) is 11.5. The molecule has 2 heterocycles. The minimum atomic E-state index is 0.269. The highest BCUT2D eigenvalue weighted by atomic mass is 32.1. The van der Waals surface area contributed by atoms with E-state index in [9.17, 15) is 0 Å². The van der Waals surface area contributed by atoms with Crippen LogP contribution < -0.4 is 15.4 Å². The standard InChI is InChI=1S/C22H33N5OS/c1-17-16-29-21(26-17)11-8-12-24-22(23-2)25-15-19(27-13-6-7-14-27)18-9-4-5-10-20(18)28-3/h4-5,9-10,16,19H,6-8,11-15H2,1-3H3,(H2,23,24,25). The number of benzene rings is 1. The third kappa shape index (κ3) is 6.18. The Hall–Kier alpha value is -2.12. The van der Waals surface area contributed by atoms with Crippen molar-refractivity contribution >= 4 is 17.3 Å². The van der Waals surface area contributed by atoms with Gasteiger partial charge >= 0.3 is 0 Å². The van der Waals surface area contributed by atoms with Crippen LogP contribution in [0.25, 0.3) is 0 Å². The van der Waals surface area contributed by atoms with Crippen LogP contribution in [0.2, 0.25) is 0 Å². The molecule has 1 aromatic heterocycles. The van der Waals surface area contributed by atoms with E-state index < -0.39 is 0 Å². The van der Waals surface area contributed by atoms with E-state index in [1.807, 2.05) is 26.1 Å². The third-order valence-electron chi connectivity index (χ3n) is 5.29. The van der Waals surface area contributed by atoms with E-state index in [0.717, 1.165) is 56.4 Å². The maximum Gasteiger partial charge on any atom is 0.191 e. The summed E-state index contributed by atoms with van der Waals surface area (Å²) in [5.41, 5.74) is 2.35. The number of aliphatic imine (C=N–C) groups is 1. The van der Waals surface area contributed by atoms with Crippen molar-refractivity contribution < 1.29 is 4.74 Å². The number of rotatable bonds is 9. The largest absolute Gasteiger partial charge is 0.496 e. The van der Waals surface area contributed by atoms with Gasteiger partial charge in [-0.3, -0.25) is 9.89 Å². The van der Waals surface area contributed by atoms with Gasteiger partial charge < -0.3 is 15.4 Å². The number of nitrogens with one attached hydrogen (secondary N) is 2. The molecule has 1 saturated heterocycles. The molecule has 1 fully saturated rings. The van der Waals surface area contributed by atoms with Gasteiger partial charge in [-0.2, -0.15) is 0 Å². The number of hydrogen-bond donors (Lipinski definition) is 2. The lowest BCUT2D eigenvalue weighted by Gasteiger charge is -2.30. The molecule has 0 amide bonds. The van der Waals surface area contributed by atoms with E-state index in [2.05, 4.69) is 43.0 Å². The number of methoxy groups -OCH3 is 1. The van der Waals surface area contributed by atoms with Crippen molar-refractivity contribution in [3.05, 3.63) is 45.9 Å². The van der Waals surface area contributed by atoms with Gasteiger partial charge in [0.05, 0.1) is 18.2 Å². The van der Waals surface area contributed by atoms with Crippen LogP contribution in [-0.2, 0) is 6.42 Å². The zero-order valence-electron chi connectivity index (χ0n) is 17.8. The quantitative estimate of drug-likeness (QED) is 0.373. The number of para-hydroxylation sites is 1. The van der Waals surface area contributed by atoms with E-state index in [4.69, 9.17) is 4.74 Å². The van der Waals surface area contributed by atoms with Crippen LogP contribution in [0, 0.1) is 6.92 Å². The highest BCUT2D eigenvalue weighted by Crippen LogP contribution is 2.31. The predicted molar refractivity (Wildman–Crippen MR) is 121 cm³/mol. The number of hydrogen-bond acceptors (Lipinski definition) is 5. The first-order valence-corrected chi connectivity index (χ1v) is 11.3. The molecule has 0 bridgehead atoms. The normalized spacial score (nSPS) is 16.0. The van der Waals surface area contributed by atoms with Gasteiger partial charge in [-0.1, -0.05) is 18.2 Å². The lowest BCUT2D eigenvalue weighted by molar-refractivity contribution is 0.239. The van der Waals surface area contributed by atoms with Crippen LogP contribution in [-0.4, -0.2) is 56.2 Å². The van der Waals surface area contributed by atoms with E-state index >= 15 is 0 Å². The van der Waals surface area contributed by atoms with Gasteiger partial charge in [0.15, 0.2) is 5.96 Å². The summed E-state index contributed by atoms with van der Waals surface area (Å²) in [6, 6.07) is 8.61. The minimum absolute atomic E-state index is 0.269. The maximum absolute atomic E-state index is 5.64. The van der Waals surface area contributed by atoms with Crippen LogP contribution >= 0.6 is 11.3 Å². The average Bonchev–Trinajstić information content (AvgIpc) is 3.42. The Kier molecular flexibility index (Phi) is 8.31. The van der Waals surface area contributed by atoms with Gasteiger partial charge in [0.1, 0.15) is 5.75 Å². The Labute approximate surface area is 178 Å². The number of aryl methyl sites for hydroxylation is 2. The number of nitrogens with zero attached hydrogens (tertiary/aromatic N) is 3. The smallest absolute Gasteiger partial charge is 0.191 e. The van der Waals surface area contributed by atoms with Gasteiger partial charge in [-0.05, 0) is 45.3 Å². The van der Waals surface area contributed by atoms with Crippen LogP contribution in [0.3, 0.4) is 0 Å². The lowest BCUT2D eigenvalue weighted by Crippen LogP contribution is -2.43. The second-order valence-corrected chi connectivity index (χ2v) is 8.31. The highest BCUT2D eigenvalue weighted by molar-refractivity contribution is 7.09. The molecule has 158 valence electrons. The molecular formula is C22H33N5OS. The summed E-state index contributed by atoms with van der Waals surface area (Å²) in [5, 5.41) is 10.3. The Morgan fingerprint density at radius 2 is 2.07 bits per heavy atom. The molecule has 1 unspecified atom stereocenters. The molecule has 1 aromatic carbocycles. The van der Waals surface area contributed by atoms with Gasteiger partial charge in [0, 0.05) is 43.2 Å². The molecule has 6 nitrogen and oxygen atoms in total. The topological polar surface area (TPSA) is 61.8 Å². The summed E-state index contributed by atoms with van der Waals surface area (Å²) < 4.78 is 5.64. The first kappa shape index (κ1) is 21.6. The molecule has 1 aliphatic heterocycles. The summed E-state index contributed by atoms with van der Waals surface area (Å²) in [7, 11) is 3.57. The summed E-state index contributed by atoms with van der Waals surface area (Å²) in [5.74, 6) is 1.80. The Balaban J connectivity index is 1.54. The molecule has 0 spiro atoms. The maximum atomic E-state index is 5.64. The number of guanidine groups is 1. The number of thiazole rings is 1. The van der Waals surface area contributed by atoms with Crippen molar-refractivity contribution in [1.82, 2.24) is 20.5 Å². The molecule has 0 aliphatic carbocycles.